The van der Waals surface area contributed by atoms with Crippen molar-refractivity contribution in [3.8, 4) is 0 Å². The Morgan fingerprint density at radius 2 is 2.14 bits per heavy atom. The van der Waals surface area contributed by atoms with Crippen LogP contribution in [0.25, 0.3) is 6.08 Å². The Morgan fingerprint density at radius 1 is 1.24 bits per heavy atom. The number of rotatable bonds is 4. The maximum absolute atomic E-state index is 12.5. The molecule has 0 radical (unpaired) electrons. The summed E-state index contributed by atoms with van der Waals surface area (Å²) in [6.45, 7) is 1.30. The van der Waals surface area contributed by atoms with Crippen LogP contribution in [0.1, 0.15) is 4.88 Å². The summed E-state index contributed by atoms with van der Waals surface area (Å²) < 4.78 is 0. The van der Waals surface area contributed by atoms with Gasteiger partial charge in [0.05, 0.1) is 17.1 Å². The molecule has 4 heterocycles. The molecule has 0 aliphatic carbocycles. The minimum atomic E-state index is -0.438. The molecule has 1 fully saturated rings. The van der Waals surface area contributed by atoms with Gasteiger partial charge in [-0.2, -0.15) is 0 Å². The number of thioether (sulfide) groups is 2. The number of anilines is 2. The van der Waals surface area contributed by atoms with Crippen molar-refractivity contribution >= 4 is 74.5 Å². The predicted octanol–water partition coefficient (Wildman–Crippen LogP) is 3.70. The van der Waals surface area contributed by atoms with E-state index in [-0.39, 0.29) is 6.54 Å². The van der Waals surface area contributed by atoms with E-state index in [2.05, 4.69) is 15.2 Å². The van der Waals surface area contributed by atoms with E-state index in [1.807, 2.05) is 35.7 Å². The van der Waals surface area contributed by atoms with Crippen LogP contribution in [0.5, 0.6) is 0 Å². The van der Waals surface area contributed by atoms with E-state index in [1.54, 1.807) is 17.8 Å². The Hall–Kier alpha value is -2.56. The summed E-state index contributed by atoms with van der Waals surface area (Å²) in [5.74, 6) is -0.850. The van der Waals surface area contributed by atoms with Gasteiger partial charge in [0, 0.05) is 22.0 Å². The predicted molar refractivity (Wildman–Crippen MR) is 118 cm³/mol. The fraction of sp³-hybridized carbons (Fsp3) is 0.158. The first-order valence-electron chi connectivity index (χ1n) is 8.81. The van der Waals surface area contributed by atoms with Crippen LogP contribution in [-0.4, -0.2) is 46.8 Å². The standard InChI is InChI=1S/C19H14N4O3S3/c24-16(10-23-17(25)15(29-19(23)26)9-12-2-1-7-27-12)21-11-3-4-14-13(8-11)22-6-5-20-18(22)28-14/h1-4,7-9H,5-6,10H2,(H,21,24). The molecule has 0 bridgehead atoms. The molecule has 146 valence electrons. The second-order valence-corrected chi connectivity index (χ2v) is 9.41. The number of benzene rings is 1. The summed E-state index contributed by atoms with van der Waals surface area (Å²) in [6, 6.07) is 9.41. The molecule has 0 unspecified atom stereocenters. The monoisotopic (exact) mass is 442 g/mol. The average molecular weight is 443 g/mol. The number of aliphatic imine (C=N–C) groups is 1. The molecule has 10 heteroatoms. The topological polar surface area (TPSA) is 82.1 Å². The second-order valence-electron chi connectivity index (χ2n) is 6.43. The van der Waals surface area contributed by atoms with Gasteiger partial charge in [0.25, 0.3) is 11.1 Å². The van der Waals surface area contributed by atoms with Gasteiger partial charge in [0.1, 0.15) is 6.54 Å². The van der Waals surface area contributed by atoms with Gasteiger partial charge >= 0.3 is 0 Å². The third-order valence-corrected chi connectivity index (χ3v) is 7.35. The first-order valence-corrected chi connectivity index (χ1v) is 11.3. The van der Waals surface area contributed by atoms with Crippen LogP contribution in [0, 0.1) is 0 Å². The molecule has 5 rings (SSSR count). The maximum Gasteiger partial charge on any atom is 0.294 e. The van der Waals surface area contributed by atoms with E-state index in [1.165, 1.54) is 11.3 Å². The van der Waals surface area contributed by atoms with E-state index in [0.29, 0.717) is 10.6 Å². The number of amidine groups is 1. The highest BCUT2D eigenvalue weighted by molar-refractivity contribution is 8.18. The third kappa shape index (κ3) is 3.47. The molecule has 0 spiro atoms. The summed E-state index contributed by atoms with van der Waals surface area (Å²) in [7, 11) is 0. The van der Waals surface area contributed by atoms with Gasteiger partial charge in [0.2, 0.25) is 5.91 Å². The molecule has 1 saturated heterocycles. The normalized spacial score (nSPS) is 19.0. The van der Waals surface area contributed by atoms with Gasteiger partial charge in [0.15, 0.2) is 5.17 Å². The summed E-state index contributed by atoms with van der Waals surface area (Å²) in [6.07, 6.45) is 1.68. The minimum Gasteiger partial charge on any atom is -0.324 e. The van der Waals surface area contributed by atoms with E-state index >= 15 is 0 Å². The van der Waals surface area contributed by atoms with E-state index < -0.39 is 17.1 Å². The summed E-state index contributed by atoms with van der Waals surface area (Å²) in [4.78, 5) is 47.1. The highest BCUT2D eigenvalue weighted by atomic mass is 32.2. The van der Waals surface area contributed by atoms with Gasteiger partial charge in [-0.05, 0) is 59.2 Å². The van der Waals surface area contributed by atoms with Crippen molar-refractivity contribution in [3.05, 3.63) is 45.5 Å². The SMILES string of the molecule is O=C(CN1C(=O)SC(=Cc2cccs2)C1=O)Nc1ccc2c(c1)N1CCN=C1S2. The van der Waals surface area contributed by atoms with Crippen molar-refractivity contribution in [2.24, 2.45) is 4.99 Å². The molecule has 1 aromatic carbocycles. The number of hydrogen-bond acceptors (Lipinski definition) is 8. The minimum absolute atomic E-state index is 0.311. The fourth-order valence-electron chi connectivity index (χ4n) is 3.21. The van der Waals surface area contributed by atoms with Crippen LogP contribution in [0.3, 0.4) is 0 Å². The van der Waals surface area contributed by atoms with Crippen molar-refractivity contribution < 1.29 is 14.4 Å². The Bertz CT molecular complexity index is 1090. The van der Waals surface area contributed by atoms with Crippen molar-refractivity contribution in [2.45, 2.75) is 4.90 Å². The van der Waals surface area contributed by atoms with Crippen LogP contribution in [0.2, 0.25) is 0 Å². The van der Waals surface area contributed by atoms with Crippen molar-refractivity contribution in [2.75, 3.05) is 29.9 Å². The lowest BCUT2D eigenvalue weighted by Crippen LogP contribution is -2.36. The lowest BCUT2D eigenvalue weighted by atomic mass is 10.2. The number of thiophene rings is 1. The lowest BCUT2D eigenvalue weighted by molar-refractivity contribution is -0.127. The largest absolute Gasteiger partial charge is 0.324 e. The van der Waals surface area contributed by atoms with Gasteiger partial charge in [-0.1, -0.05) is 6.07 Å². The molecule has 3 aliphatic rings. The number of carbonyl (C=O) groups is 3. The highest BCUT2D eigenvalue weighted by Crippen LogP contribution is 2.43. The number of nitrogens with zero attached hydrogens (tertiary/aromatic N) is 3. The van der Waals surface area contributed by atoms with Crippen molar-refractivity contribution in [3.63, 3.8) is 0 Å². The molecule has 2 aromatic rings. The zero-order valence-electron chi connectivity index (χ0n) is 15.0. The number of imide groups is 1. The number of carbonyl (C=O) groups excluding carboxylic acids is 3. The quantitative estimate of drug-likeness (QED) is 0.727. The molecular weight excluding hydrogens is 428 g/mol. The Morgan fingerprint density at radius 3 is 2.97 bits per heavy atom. The van der Waals surface area contributed by atoms with Crippen molar-refractivity contribution in [1.29, 1.82) is 0 Å². The summed E-state index contributed by atoms with van der Waals surface area (Å²) in [5.41, 5.74) is 1.65. The molecule has 1 aromatic heterocycles. The smallest absolute Gasteiger partial charge is 0.294 e. The van der Waals surface area contributed by atoms with Gasteiger partial charge in [-0.15, -0.1) is 11.3 Å². The zero-order chi connectivity index (χ0) is 20.0. The van der Waals surface area contributed by atoms with E-state index in [4.69, 9.17) is 0 Å². The van der Waals surface area contributed by atoms with Gasteiger partial charge < -0.3 is 10.2 Å². The van der Waals surface area contributed by atoms with Gasteiger partial charge in [-0.25, -0.2) is 0 Å². The number of hydrogen-bond donors (Lipinski definition) is 1. The van der Waals surface area contributed by atoms with Crippen LogP contribution < -0.4 is 10.2 Å². The zero-order valence-corrected chi connectivity index (χ0v) is 17.4. The lowest BCUT2D eigenvalue weighted by Gasteiger charge is -2.15. The van der Waals surface area contributed by atoms with E-state index in [9.17, 15) is 14.4 Å². The first-order chi connectivity index (χ1) is 14.1. The molecule has 29 heavy (non-hydrogen) atoms. The Balaban J connectivity index is 1.27. The molecule has 0 atom stereocenters. The van der Waals surface area contributed by atoms with Gasteiger partial charge in [-0.3, -0.25) is 24.3 Å². The molecule has 7 nitrogen and oxygen atoms in total. The molecule has 0 saturated carbocycles. The Labute approximate surface area is 178 Å². The number of fused-ring (bicyclic) bond motifs is 3. The van der Waals surface area contributed by atoms with Crippen LogP contribution in [-0.2, 0) is 9.59 Å². The molecule has 1 N–H and O–H groups in total. The van der Waals surface area contributed by atoms with Crippen LogP contribution in [0.15, 0.2) is 50.5 Å². The molecular formula is C19H14N4O3S3. The molecule has 3 amide bonds. The van der Waals surface area contributed by atoms with Crippen molar-refractivity contribution in [1.82, 2.24) is 4.90 Å². The first kappa shape index (κ1) is 18.5. The third-order valence-electron chi connectivity index (χ3n) is 4.53. The summed E-state index contributed by atoms with van der Waals surface area (Å²) >= 11 is 3.96. The maximum atomic E-state index is 12.5. The summed E-state index contributed by atoms with van der Waals surface area (Å²) in [5, 5.41) is 5.24. The van der Waals surface area contributed by atoms with Crippen LogP contribution >= 0.6 is 34.9 Å². The Kier molecular flexibility index (Phi) is 4.69. The highest BCUT2D eigenvalue weighted by Gasteiger charge is 2.36. The van der Waals surface area contributed by atoms with Crippen LogP contribution in [0.4, 0.5) is 16.2 Å². The number of amides is 3. The van der Waals surface area contributed by atoms with E-state index in [0.717, 1.165) is 50.4 Å². The number of nitrogens with one attached hydrogen (secondary N) is 1. The average Bonchev–Trinajstić information content (AvgIpc) is 3.45. The molecule has 3 aliphatic heterocycles. The fourth-order valence-corrected chi connectivity index (χ4v) is 5.83. The second kappa shape index (κ2) is 7.36.